The van der Waals surface area contributed by atoms with Crippen molar-refractivity contribution < 1.29 is 9.59 Å². The average Bonchev–Trinajstić information content (AvgIpc) is 2.95. The first-order chi connectivity index (χ1) is 12.1. The van der Waals surface area contributed by atoms with Gasteiger partial charge in [0, 0.05) is 34.4 Å². The summed E-state index contributed by atoms with van der Waals surface area (Å²) in [6, 6.07) is 14.7. The maximum absolute atomic E-state index is 12.7. The van der Waals surface area contributed by atoms with Gasteiger partial charge in [-0.2, -0.15) is 0 Å². The molecule has 3 rings (SSSR count). The van der Waals surface area contributed by atoms with Gasteiger partial charge in [-0.25, -0.2) is 0 Å². The Labute approximate surface area is 146 Å². The van der Waals surface area contributed by atoms with Crippen LogP contribution in [0.15, 0.2) is 48.5 Å². The summed E-state index contributed by atoms with van der Waals surface area (Å²) < 4.78 is 0. The van der Waals surface area contributed by atoms with Gasteiger partial charge in [0.25, 0.3) is 11.8 Å². The van der Waals surface area contributed by atoms with Crippen molar-refractivity contribution in [3.05, 3.63) is 65.4 Å². The van der Waals surface area contributed by atoms with E-state index < -0.39 is 0 Å². The molecule has 3 N–H and O–H groups in total. The van der Waals surface area contributed by atoms with Crippen LogP contribution in [0.2, 0.25) is 0 Å². The number of aromatic nitrogens is 1. The quantitative estimate of drug-likeness (QED) is 0.662. The Morgan fingerprint density at radius 2 is 1.84 bits per heavy atom. The molecule has 0 spiro atoms. The molecule has 0 atom stereocenters. The number of H-pyrrole nitrogens is 1. The summed E-state index contributed by atoms with van der Waals surface area (Å²) >= 11 is 0. The first-order valence-electron chi connectivity index (χ1n) is 8.37. The SMILES string of the molecule is CCCNC(=O)c1cccc(NC(=O)c2c(C)[nH]c3ccccc23)c1. The Morgan fingerprint density at radius 1 is 1.04 bits per heavy atom. The standard InChI is InChI=1S/C20H21N3O2/c1-3-11-21-19(24)14-7-6-8-15(12-14)23-20(25)18-13(2)22-17-10-5-4-9-16(17)18/h4-10,12,22H,3,11H2,1-2H3,(H,21,24)(H,23,25). The highest BCUT2D eigenvalue weighted by molar-refractivity contribution is 6.14. The number of hydrogen-bond acceptors (Lipinski definition) is 2. The summed E-state index contributed by atoms with van der Waals surface area (Å²) in [7, 11) is 0. The lowest BCUT2D eigenvalue weighted by Crippen LogP contribution is -2.24. The number of rotatable bonds is 5. The summed E-state index contributed by atoms with van der Waals surface area (Å²) in [5.74, 6) is -0.331. The number of para-hydroxylation sites is 1. The molecule has 0 aliphatic heterocycles. The average molecular weight is 335 g/mol. The summed E-state index contributed by atoms with van der Waals surface area (Å²) in [6.45, 7) is 4.51. The topological polar surface area (TPSA) is 74.0 Å². The fourth-order valence-electron chi connectivity index (χ4n) is 2.84. The minimum absolute atomic E-state index is 0.138. The van der Waals surface area contributed by atoms with Gasteiger partial charge in [0.2, 0.25) is 0 Å². The van der Waals surface area contributed by atoms with Gasteiger partial charge >= 0.3 is 0 Å². The zero-order chi connectivity index (χ0) is 17.8. The Balaban J connectivity index is 1.83. The van der Waals surface area contributed by atoms with Gasteiger partial charge in [0.05, 0.1) is 5.56 Å². The van der Waals surface area contributed by atoms with Crippen molar-refractivity contribution in [1.29, 1.82) is 0 Å². The number of anilines is 1. The van der Waals surface area contributed by atoms with Crippen molar-refractivity contribution in [3.63, 3.8) is 0 Å². The third-order valence-electron chi connectivity index (χ3n) is 4.04. The van der Waals surface area contributed by atoms with E-state index in [0.717, 1.165) is 23.0 Å². The molecule has 5 heteroatoms. The lowest BCUT2D eigenvalue weighted by Gasteiger charge is -2.08. The molecule has 25 heavy (non-hydrogen) atoms. The van der Waals surface area contributed by atoms with E-state index in [-0.39, 0.29) is 11.8 Å². The molecule has 2 amide bonds. The van der Waals surface area contributed by atoms with Crippen molar-refractivity contribution in [2.75, 3.05) is 11.9 Å². The highest BCUT2D eigenvalue weighted by Gasteiger charge is 2.16. The number of aromatic amines is 1. The van der Waals surface area contributed by atoms with E-state index in [0.29, 0.717) is 23.4 Å². The minimum Gasteiger partial charge on any atom is -0.358 e. The van der Waals surface area contributed by atoms with Crippen LogP contribution in [0.25, 0.3) is 10.9 Å². The van der Waals surface area contributed by atoms with Crippen LogP contribution in [0, 0.1) is 6.92 Å². The molecular weight excluding hydrogens is 314 g/mol. The molecule has 0 radical (unpaired) electrons. The van der Waals surface area contributed by atoms with Crippen LogP contribution in [-0.2, 0) is 0 Å². The predicted molar refractivity (Wildman–Crippen MR) is 100 cm³/mol. The van der Waals surface area contributed by atoms with E-state index in [1.165, 1.54) is 0 Å². The van der Waals surface area contributed by atoms with Crippen molar-refractivity contribution >= 4 is 28.4 Å². The number of fused-ring (bicyclic) bond motifs is 1. The molecule has 0 aliphatic rings. The van der Waals surface area contributed by atoms with Crippen LogP contribution in [-0.4, -0.2) is 23.3 Å². The fraction of sp³-hybridized carbons (Fsp3) is 0.200. The van der Waals surface area contributed by atoms with Gasteiger partial charge in [0.15, 0.2) is 0 Å². The van der Waals surface area contributed by atoms with E-state index in [1.807, 2.05) is 38.1 Å². The molecule has 5 nitrogen and oxygen atoms in total. The third kappa shape index (κ3) is 3.55. The maximum Gasteiger partial charge on any atom is 0.258 e. The molecule has 3 aromatic rings. The lowest BCUT2D eigenvalue weighted by atomic mass is 10.1. The van der Waals surface area contributed by atoms with E-state index >= 15 is 0 Å². The largest absolute Gasteiger partial charge is 0.358 e. The molecule has 0 saturated heterocycles. The van der Waals surface area contributed by atoms with E-state index in [4.69, 9.17) is 0 Å². The van der Waals surface area contributed by atoms with Crippen LogP contribution in [0.5, 0.6) is 0 Å². The number of aryl methyl sites for hydroxylation is 1. The second kappa shape index (κ2) is 7.21. The predicted octanol–water partition coefficient (Wildman–Crippen LogP) is 3.87. The van der Waals surface area contributed by atoms with Crippen LogP contribution in [0.1, 0.15) is 39.8 Å². The smallest absolute Gasteiger partial charge is 0.258 e. The summed E-state index contributed by atoms with van der Waals surface area (Å²) in [6.07, 6.45) is 0.877. The van der Waals surface area contributed by atoms with Crippen LogP contribution < -0.4 is 10.6 Å². The van der Waals surface area contributed by atoms with Crippen molar-refractivity contribution in [3.8, 4) is 0 Å². The molecule has 1 aromatic heterocycles. The second-order valence-corrected chi connectivity index (χ2v) is 5.96. The highest BCUT2D eigenvalue weighted by atomic mass is 16.2. The molecule has 0 fully saturated rings. The molecule has 2 aromatic carbocycles. The molecule has 0 bridgehead atoms. The van der Waals surface area contributed by atoms with Crippen LogP contribution >= 0.6 is 0 Å². The first kappa shape index (κ1) is 16.8. The minimum atomic E-state index is -0.193. The van der Waals surface area contributed by atoms with Gasteiger partial charge in [0.1, 0.15) is 0 Å². The van der Waals surface area contributed by atoms with Gasteiger partial charge in [-0.15, -0.1) is 0 Å². The Hall–Kier alpha value is -3.08. The molecule has 0 aliphatic carbocycles. The Bertz CT molecular complexity index is 928. The Morgan fingerprint density at radius 3 is 2.64 bits per heavy atom. The monoisotopic (exact) mass is 335 g/mol. The van der Waals surface area contributed by atoms with E-state index in [2.05, 4.69) is 15.6 Å². The Kier molecular flexibility index (Phi) is 4.84. The summed E-state index contributed by atoms with van der Waals surface area (Å²) in [5.41, 5.74) is 3.49. The van der Waals surface area contributed by atoms with Gasteiger partial charge < -0.3 is 15.6 Å². The van der Waals surface area contributed by atoms with Gasteiger partial charge in [-0.05, 0) is 37.6 Å². The van der Waals surface area contributed by atoms with E-state index in [1.54, 1.807) is 24.3 Å². The molecular formula is C20H21N3O2. The number of hydrogen-bond donors (Lipinski definition) is 3. The summed E-state index contributed by atoms with van der Waals surface area (Å²) in [4.78, 5) is 28.0. The van der Waals surface area contributed by atoms with Crippen molar-refractivity contribution in [2.45, 2.75) is 20.3 Å². The second-order valence-electron chi connectivity index (χ2n) is 5.96. The number of carbonyl (C=O) groups excluding carboxylic acids is 2. The van der Waals surface area contributed by atoms with Crippen LogP contribution in [0.3, 0.4) is 0 Å². The number of benzene rings is 2. The summed E-state index contributed by atoms with van der Waals surface area (Å²) in [5, 5.41) is 6.61. The number of carbonyl (C=O) groups is 2. The zero-order valence-electron chi connectivity index (χ0n) is 14.3. The van der Waals surface area contributed by atoms with E-state index in [9.17, 15) is 9.59 Å². The molecule has 0 saturated carbocycles. The van der Waals surface area contributed by atoms with Gasteiger partial charge in [-0.3, -0.25) is 9.59 Å². The molecule has 128 valence electrons. The maximum atomic E-state index is 12.7. The van der Waals surface area contributed by atoms with Crippen molar-refractivity contribution in [1.82, 2.24) is 10.3 Å². The lowest BCUT2D eigenvalue weighted by molar-refractivity contribution is 0.0952. The fourth-order valence-corrected chi connectivity index (χ4v) is 2.84. The van der Waals surface area contributed by atoms with Crippen LogP contribution in [0.4, 0.5) is 5.69 Å². The number of amides is 2. The third-order valence-corrected chi connectivity index (χ3v) is 4.04. The van der Waals surface area contributed by atoms with Gasteiger partial charge in [-0.1, -0.05) is 31.2 Å². The molecule has 0 unspecified atom stereocenters. The first-order valence-corrected chi connectivity index (χ1v) is 8.37. The van der Waals surface area contributed by atoms with Crippen molar-refractivity contribution in [2.24, 2.45) is 0 Å². The zero-order valence-corrected chi connectivity index (χ0v) is 14.3. The normalized spacial score (nSPS) is 10.6. The highest BCUT2D eigenvalue weighted by Crippen LogP contribution is 2.23. The molecule has 1 heterocycles. The number of nitrogens with one attached hydrogen (secondary N) is 3.